The van der Waals surface area contributed by atoms with Gasteiger partial charge in [-0.25, -0.2) is 4.79 Å². The van der Waals surface area contributed by atoms with Gasteiger partial charge in [-0.3, -0.25) is 9.69 Å². The maximum atomic E-state index is 12.5. The van der Waals surface area contributed by atoms with Crippen LogP contribution in [-0.2, 0) is 4.74 Å². The molecule has 0 radical (unpaired) electrons. The molecule has 2 aromatic rings. The van der Waals surface area contributed by atoms with Crippen LogP contribution in [0.1, 0.15) is 41.9 Å². The van der Waals surface area contributed by atoms with E-state index in [-0.39, 0.29) is 41.7 Å². The molecule has 4 rings (SSSR count). The Kier molecular flexibility index (Phi) is 4.91. The molecule has 1 aromatic heterocycles. The zero-order valence-corrected chi connectivity index (χ0v) is 15.9. The summed E-state index contributed by atoms with van der Waals surface area (Å²) < 4.78 is 5.62. The van der Waals surface area contributed by atoms with Crippen molar-refractivity contribution in [3.05, 3.63) is 57.8 Å². The predicted octanol–water partition coefficient (Wildman–Crippen LogP) is 2.50. The molecular weight excluding hydrogens is 378 g/mol. The van der Waals surface area contributed by atoms with Gasteiger partial charge >= 0.3 is 11.9 Å². The highest BCUT2D eigenvalue weighted by Crippen LogP contribution is 2.35. The van der Waals surface area contributed by atoms with Crippen molar-refractivity contribution in [1.82, 2.24) is 20.0 Å². The molecule has 1 N–H and O–H groups in total. The number of ether oxygens (including phenoxy) is 1. The molecule has 2 amide bonds. The van der Waals surface area contributed by atoms with Crippen molar-refractivity contribution in [3.8, 4) is 0 Å². The number of piperidine rings is 1. The summed E-state index contributed by atoms with van der Waals surface area (Å²) in [5, 5.41) is 16.7. The number of nitro groups is 1. The van der Waals surface area contributed by atoms with E-state index in [9.17, 15) is 19.7 Å². The average molecular weight is 399 g/mol. The van der Waals surface area contributed by atoms with Crippen LogP contribution >= 0.6 is 0 Å². The fraction of sp³-hybridized carbons (Fsp3) is 0.421. The van der Waals surface area contributed by atoms with Crippen LogP contribution in [0, 0.1) is 10.1 Å². The molecule has 3 heterocycles. The highest BCUT2D eigenvalue weighted by atomic mass is 16.6. The lowest BCUT2D eigenvalue weighted by Gasteiger charge is -2.37. The highest BCUT2D eigenvalue weighted by molar-refractivity contribution is 5.92. The molecular formula is C19H21N5O5. The largest absolute Gasteiger partial charge is 0.439 e. The van der Waals surface area contributed by atoms with E-state index < -0.39 is 4.92 Å². The molecule has 2 aliphatic heterocycles. The summed E-state index contributed by atoms with van der Waals surface area (Å²) in [6.07, 6.45) is 0.574. The second kappa shape index (κ2) is 7.53. The Hall–Kier alpha value is -3.43. The van der Waals surface area contributed by atoms with Crippen LogP contribution < -0.4 is 0 Å². The van der Waals surface area contributed by atoms with E-state index in [2.05, 4.69) is 10.2 Å². The van der Waals surface area contributed by atoms with E-state index in [0.29, 0.717) is 25.9 Å². The number of rotatable bonds is 4. The molecule has 29 heavy (non-hydrogen) atoms. The van der Waals surface area contributed by atoms with Crippen molar-refractivity contribution in [2.45, 2.75) is 38.0 Å². The Morgan fingerprint density at radius 1 is 1.28 bits per heavy atom. The number of carbonyl (C=O) groups excluding carboxylic acids is 2. The van der Waals surface area contributed by atoms with Crippen molar-refractivity contribution in [2.24, 2.45) is 0 Å². The number of H-pyrrole nitrogens is 1. The molecule has 0 bridgehead atoms. The summed E-state index contributed by atoms with van der Waals surface area (Å²) in [7, 11) is 0. The molecule has 0 saturated carbocycles. The second-order valence-corrected chi connectivity index (χ2v) is 7.28. The van der Waals surface area contributed by atoms with Crippen LogP contribution in [0.5, 0.6) is 0 Å². The standard InChI is InChI=1S/C19H21N5O5/c1-12-17(13-5-3-2-4-6-13)29-19(26)23(12)14-7-9-22(10-8-14)18(25)15-11-16(21-20-15)24(27)28/h2-6,11-12,14,17H,7-10H2,1H3,(H,20,21). The summed E-state index contributed by atoms with van der Waals surface area (Å²) >= 11 is 0. The molecule has 0 aliphatic carbocycles. The molecule has 2 atom stereocenters. The summed E-state index contributed by atoms with van der Waals surface area (Å²) in [4.78, 5) is 38.6. The minimum absolute atomic E-state index is 0.0215. The fourth-order valence-corrected chi connectivity index (χ4v) is 4.07. The number of benzene rings is 1. The Balaban J connectivity index is 1.39. The van der Waals surface area contributed by atoms with Gasteiger partial charge in [-0.1, -0.05) is 35.4 Å². The van der Waals surface area contributed by atoms with Crippen LogP contribution in [0.3, 0.4) is 0 Å². The van der Waals surface area contributed by atoms with Gasteiger partial charge < -0.3 is 19.8 Å². The molecule has 2 unspecified atom stereocenters. The van der Waals surface area contributed by atoms with Gasteiger partial charge in [0.2, 0.25) is 0 Å². The Labute approximate surface area is 166 Å². The van der Waals surface area contributed by atoms with Crippen LogP contribution in [0.15, 0.2) is 36.4 Å². The van der Waals surface area contributed by atoms with Gasteiger partial charge in [-0.2, -0.15) is 0 Å². The smallest absolute Gasteiger partial charge is 0.411 e. The summed E-state index contributed by atoms with van der Waals surface area (Å²) in [5.74, 6) is -0.671. The number of aromatic nitrogens is 2. The maximum Gasteiger partial charge on any atom is 0.411 e. The van der Waals surface area contributed by atoms with Gasteiger partial charge in [0.1, 0.15) is 6.10 Å². The number of hydrogen-bond donors (Lipinski definition) is 1. The van der Waals surface area contributed by atoms with Crippen LogP contribution in [0.4, 0.5) is 10.6 Å². The van der Waals surface area contributed by atoms with Crippen molar-refractivity contribution in [2.75, 3.05) is 13.1 Å². The number of amides is 2. The Morgan fingerprint density at radius 3 is 2.59 bits per heavy atom. The maximum absolute atomic E-state index is 12.5. The third-order valence-electron chi connectivity index (χ3n) is 5.57. The fourth-order valence-electron chi connectivity index (χ4n) is 4.07. The minimum atomic E-state index is -0.625. The second-order valence-electron chi connectivity index (χ2n) is 7.28. The van der Waals surface area contributed by atoms with E-state index >= 15 is 0 Å². The molecule has 152 valence electrons. The molecule has 2 aliphatic rings. The lowest BCUT2D eigenvalue weighted by Crippen LogP contribution is -2.49. The lowest BCUT2D eigenvalue weighted by atomic mass is 9.98. The molecule has 2 fully saturated rings. The van der Waals surface area contributed by atoms with Gasteiger partial charge in [0.15, 0.2) is 5.69 Å². The van der Waals surface area contributed by atoms with Crippen LogP contribution in [0.25, 0.3) is 0 Å². The first-order chi connectivity index (χ1) is 14.0. The van der Waals surface area contributed by atoms with Crippen molar-refractivity contribution >= 4 is 17.8 Å². The van der Waals surface area contributed by atoms with E-state index in [1.807, 2.05) is 37.3 Å². The molecule has 10 nitrogen and oxygen atoms in total. The quantitative estimate of drug-likeness (QED) is 0.623. The van der Waals surface area contributed by atoms with Crippen molar-refractivity contribution in [3.63, 3.8) is 0 Å². The summed E-state index contributed by atoms with van der Waals surface area (Å²) in [6, 6.07) is 10.7. The molecule has 10 heteroatoms. The Morgan fingerprint density at radius 2 is 1.97 bits per heavy atom. The van der Waals surface area contributed by atoms with Gasteiger partial charge in [-0.05, 0) is 30.3 Å². The first-order valence-electron chi connectivity index (χ1n) is 9.48. The van der Waals surface area contributed by atoms with Crippen LogP contribution in [0.2, 0.25) is 0 Å². The Bertz CT molecular complexity index is 922. The van der Waals surface area contributed by atoms with Crippen LogP contribution in [-0.4, -0.2) is 62.1 Å². The number of likely N-dealkylation sites (tertiary alicyclic amines) is 1. The molecule has 2 saturated heterocycles. The van der Waals surface area contributed by atoms with E-state index in [0.717, 1.165) is 11.6 Å². The normalized spacial score (nSPS) is 22.6. The third-order valence-corrected chi connectivity index (χ3v) is 5.57. The molecule has 1 aromatic carbocycles. The predicted molar refractivity (Wildman–Crippen MR) is 101 cm³/mol. The van der Waals surface area contributed by atoms with Gasteiger partial charge in [0.05, 0.1) is 12.1 Å². The van der Waals surface area contributed by atoms with Gasteiger partial charge in [0, 0.05) is 19.1 Å². The van der Waals surface area contributed by atoms with Crippen molar-refractivity contribution in [1.29, 1.82) is 0 Å². The molecule has 0 spiro atoms. The first-order valence-corrected chi connectivity index (χ1v) is 9.48. The number of nitrogens with one attached hydrogen (secondary N) is 1. The number of nitrogens with zero attached hydrogens (tertiary/aromatic N) is 4. The van der Waals surface area contributed by atoms with E-state index in [4.69, 9.17) is 4.74 Å². The topological polar surface area (TPSA) is 122 Å². The zero-order valence-electron chi connectivity index (χ0n) is 15.9. The SMILES string of the molecule is CC1C(c2ccccc2)OC(=O)N1C1CCN(C(=O)c2cc([N+](=O)[O-])[nH]n2)CC1. The van der Waals surface area contributed by atoms with E-state index in [1.54, 1.807) is 9.80 Å². The summed E-state index contributed by atoms with van der Waals surface area (Å²) in [6.45, 7) is 2.86. The number of aromatic amines is 1. The monoisotopic (exact) mass is 399 g/mol. The third kappa shape index (κ3) is 3.53. The number of carbonyl (C=O) groups is 2. The van der Waals surface area contributed by atoms with Crippen molar-refractivity contribution < 1.29 is 19.2 Å². The van der Waals surface area contributed by atoms with E-state index in [1.165, 1.54) is 0 Å². The zero-order chi connectivity index (χ0) is 20.5. The number of hydrogen-bond acceptors (Lipinski definition) is 6. The highest BCUT2D eigenvalue weighted by Gasteiger charge is 2.44. The van der Waals surface area contributed by atoms with Gasteiger partial charge in [0.25, 0.3) is 5.91 Å². The minimum Gasteiger partial charge on any atom is -0.439 e. The first kappa shape index (κ1) is 18.9. The lowest BCUT2D eigenvalue weighted by molar-refractivity contribution is -0.389. The summed E-state index contributed by atoms with van der Waals surface area (Å²) in [5.41, 5.74) is 0.983. The average Bonchev–Trinajstić information content (AvgIpc) is 3.33. The number of cyclic esters (lactones) is 1. The van der Waals surface area contributed by atoms with Gasteiger partial charge in [-0.15, -0.1) is 5.10 Å².